The van der Waals surface area contributed by atoms with Crippen LogP contribution < -0.4 is 9.47 Å². The van der Waals surface area contributed by atoms with E-state index in [2.05, 4.69) is 0 Å². The number of rotatable bonds is 4. The minimum absolute atomic E-state index is 0.0375. The second kappa shape index (κ2) is 5.78. The van der Waals surface area contributed by atoms with E-state index >= 15 is 0 Å². The normalized spacial score (nSPS) is 17.3. The van der Waals surface area contributed by atoms with Crippen molar-refractivity contribution in [1.29, 1.82) is 0 Å². The Kier molecular flexibility index (Phi) is 4.32. The molecule has 0 radical (unpaired) electrons. The maximum atomic E-state index is 9.47. The van der Waals surface area contributed by atoms with Gasteiger partial charge in [-0.15, -0.1) is 0 Å². The molecule has 0 saturated carbocycles. The summed E-state index contributed by atoms with van der Waals surface area (Å²) >= 11 is 6.20. The van der Waals surface area contributed by atoms with Gasteiger partial charge in [0.05, 0.1) is 12.7 Å². The first kappa shape index (κ1) is 13.5. The zero-order chi connectivity index (χ0) is 13.1. The fourth-order valence-corrected chi connectivity index (χ4v) is 2.41. The first-order valence-corrected chi connectivity index (χ1v) is 6.37. The molecule has 0 amide bonds. The predicted molar refractivity (Wildman–Crippen MR) is 68.6 cm³/mol. The number of hydrogen-bond donors (Lipinski definition) is 2. The molecule has 18 heavy (non-hydrogen) atoms. The van der Waals surface area contributed by atoms with Gasteiger partial charge in [0.25, 0.3) is 0 Å². The summed E-state index contributed by atoms with van der Waals surface area (Å²) in [6, 6.07) is 3.60. The molecule has 0 bridgehead atoms. The Hall–Kier alpha value is -0.970. The fraction of sp³-hybridized carbons (Fsp3) is 0.538. The van der Waals surface area contributed by atoms with Gasteiger partial charge in [-0.1, -0.05) is 18.5 Å². The molecule has 0 saturated heterocycles. The highest BCUT2D eigenvalue weighted by atomic mass is 35.5. The molecule has 1 aliphatic rings. The lowest BCUT2D eigenvalue weighted by atomic mass is 9.94. The van der Waals surface area contributed by atoms with Gasteiger partial charge >= 0.3 is 0 Å². The van der Waals surface area contributed by atoms with Gasteiger partial charge in [0, 0.05) is 11.1 Å². The number of fused-ring (bicyclic) bond motifs is 1. The minimum atomic E-state index is -0.732. The summed E-state index contributed by atoms with van der Waals surface area (Å²) in [5.41, 5.74) is 0.897. The van der Waals surface area contributed by atoms with Crippen molar-refractivity contribution in [3.05, 3.63) is 22.7 Å². The topological polar surface area (TPSA) is 58.9 Å². The third-order valence-corrected chi connectivity index (χ3v) is 3.36. The Morgan fingerprint density at radius 2 is 1.89 bits per heavy atom. The summed E-state index contributed by atoms with van der Waals surface area (Å²) in [5, 5.41) is 18.9. The van der Waals surface area contributed by atoms with Crippen LogP contribution in [0.25, 0.3) is 0 Å². The van der Waals surface area contributed by atoms with E-state index in [0.717, 1.165) is 5.56 Å². The monoisotopic (exact) mass is 272 g/mol. The van der Waals surface area contributed by atoms with Crippen LogP contribution in [0.1, 0.15) is 24.8 Å². The molecular formula is C13H17ClO4. The van der Waals surface area contributed by atoms with Crippen LogP contribution in [-0.4, -0.2) is 36.1 Å². The van der Waals surface area contributed by atoms with E-state index in [1.54, 1.807) is 6.07 Å². The quantitative estimate of drug-likeness (QED) is 0.880. The molecule has 0 fully saturated rings. The lowest BCUT2D eigenvalue weighted by Crippen LogP contribution is -2.17. The zero-order valence-electron chi connectivity index (χ0n) is 10.2. The van der Waals surface area contributed by atoms with Gasteiger partial charge < -0.3 is 19.7 Å². The van der Waals surface area contributed by atoms with Crippen LogP contribution in [0.15, 0.2) is 12.1 Å². The van der Waals surface area contributed by atoms with E-state index in [4.69, 9.17) is 26.2 Å². The number of aliphatic hydroxyl groups is 2. The Morgan fingerprint density at radius 1 is 1.28 bits per heavy atom. The Morgan fingerprint density at radius 3 is 2.50 bits per heavy atom. The van der Waals surface area contributed by atoms with Crippen molar-refractivity contribution < 1.29 is 19.7 Å². The molecular weight excluding hydrogens is 256 g/mol. The van der Waals surface area contributed by atoms with Crippen LogP contribution in [-0.2, 0) is 0 Å². The van der Waals surface area contributed by atoms with Crippen LogP contribution in [0.3, 0.4) is 0 Å². The van der Waals surface area contributed by atoms with Crippen molar-refractivity contribution in [3.63, 3.8) is 0 Å². The largest absolute Gasteiger partial charge is 0.486 e. The summed E-state index contributed by atoms with van der Waals surface area (Å²) in [6.07, 6.45) is -0.278. The molecule has 1 aromatic carbocycles. The third-order valence-electron chi connectivity index (χ3n) is 3.03. The molecule has 0 aromatic heterocycles. The Bertz CT molecular complexity index is 422. The van der Waals surface area contributed by atoms with Gasteiger partial charge in [0.15, 0.2) is 11.5 Å². The van der Waals surface area contributed by atoms with Crippen LogP contribution in [0.4, 0.5) is 0 Å². The van der Waals surface area contributed by atoms with E-state index in [1.165, 1.54) is 0 Å². The van der Waals surface area contributed by atoms with Crippen molar-refractivity contribution in [3.8, 4) is 11.5 Å². The van der Waals surface area contributed by atoms with Gasteiger partial charge in [-0.25, -0.2) is 0 Å². The Labute approximate surface area is 111 Å². The van der Waals surface area contributed by atoms with E-state index in [-0.39, 0.29) is 12.5 Å². The number of hydrogen-bond acceptors (Lipinski definition) is 4. The standard InChI is InChI=1S/C13H17ClO4/c1-8(4-9(16)7-15)10-5-12-13(6-11(10)14)18-3-2-17-12/h5-6,8-9,15-16H,2-4,7H2,1H3. The smallest absolute Gasteiger partial charge is 0.162 e. The van der Waals surface area contributed by atoms with Gasteiger partial charge in [0.1, 0.15) is 13.2 Å². The van der Waals surface area contributed by atoms with Crippen LogP contribution in [0.5, 0.6) is 11.5 Å². The first-order valence-electron chi connectivity index (χ1n) is 5.99. The molecule has 4 nitrogen and oxygen atoms in total. The maximum Gasteiger partial charge on any atom is 0.162 e. The zero-order valence-corrected chi connectivity index (χ0v) is 11.0. The summed E-state index contributed by atoms with van der Waals surface area (Å²) in [7, 11) is 0. The summed E-state index contributed by atoms with van der Waals surface area (Å²) in [6.45, 7) is 2.77. The van der Waals surface area contributed by atoms with Gasteiger partial charge in [0.2, 0.25) is 0 Å². The molecule has 1 aromatic rings. The third kappa shape index (κ3) is 2.88. The van der Waals surface area contributed by atoms with Gasteiger partial charge in [-0.05, 0) is 24.0 Å². The highest BCUT2D eigenvalue weighted by Crippen LogP contribution is 2.39. The van der Waals surface area contributed by atoms with Gasteiger partial charge in [-0.3, -0.25) is 0 Å². The molecule has 2 unspecified atom stereocenters. The Balaban J connectivity index is 2.22. The highest BCUT2D eigenvalue weighted by molar-refractivity contribution is 6.31. The predicted octanol–water partition coefficient (Wildman–Crippen LogP) is 1.96. The molecule has 2 atom stereocenters. The second-order valence-electron chi connectivity index (χ2n) is 4.49. The van der Waals surface area contributed by atoms with Crippen molar-refractivity contribution >= 4 is 11.6 Å². The molecule has 0 aliphatic carbocycles. The number of aliphatic hydroxyl groups excluding tert-OH is 2. The number of benzene rings is 1. The highest BCUT2D eigenvalue weighted by Gasteiger charge is 2.19. The molecule has 5 heteroatoms. The van der Waals surface area contributed by atoms with E-state index in [1.807, 2.05) is 13.0 Å². The number of ether oxygens (including phenoxy) is 2. The van der Waals surface area contributed by atoms with Crippen LogP contribution >= 0.6 is 11.6 Å². The average molecular weight is 273 g/mol. The SMILES string of the molecule is CC(CC(O)CO)c1cc2c(cc1Cl)OCCO2. The molecule has 1 heterocycles. The van der Waals surface area contributed by atoms with Crippen molar-refractivity contribution in [1.82, 2.24) is 0 Å². The van der Waals surface area contributed by atoms with Crippen LogP contribution in [0, 0.1) is 0 Å². The summed E-state index contributed by atoms with van der Waals surface area (Å²) < 4.78 is 10.9. The molecule has 2 rings (SSSR count). The average Bonchev–Trinajstić information content (AvgIpc) is 2.37. The van der Waals surface area contributed by atoms with Gasteiger partial charge in [-0.2, -0.15) is 0 Å². The summed E-state index contributed by atoms with van der Waals surface area (Å²) in [5.74, 6) is 1.38. The lowest BCUT2D eigenvalue weighted by molar-refractivity contribution is 0.0834. The van der Waals surface area contributed by atoms with Crippen molar-refractivity contribution in [2.45, 2.75) is 25.4 Å². The minimum Gasteiger partial charge on any atom is -0.486 e. The number of halogens is 1. The van der Waals surface area contributed by atoms with Crippen molar-refractivity contribution in [2.24, 2.45) is 0 Å². The second-order valence-corrected chi connectivity index (χ2v) is 4.90. The van der Waals surface area contributed by atoms with Crippen molar-refractivity contribution in [2.75, 3.05) is 19.8 Å². The van der Waals surface area contributed by atoms with E-state index in [9.17, 15) is 5.11 Å². The lowest BCUT2D eigenvalue weighted by Gasteiger charge is -2.22. The van der Waals surface area contributed by atoms with Crippen LogP contribution in [0.2, 0.25) is 5.02 Å². The van der Waals surface area contributed by atoms with E-state index in [0.29, 0.717) is 36.2 Å². The molecule has 2 N–H and O–H groups in total. The maximum absolute atomic E-state index is 9.47. The molecule has 100 valence electrons. The fourth-order valence-electron chi connectivity index (χ4n) is 2.07. The molecule has 1 aliphatic heterocycles. The first-order chi connectivity index (χ1) is 8.61. The molecule has 0 spiro atoms. The van der Waals surface area contributed by atoms with E-state index < -0.39 is 6.10 Å². The summed E-state index contributed by atoms with van der Waals surface area (Å²) in [4.78, 5) is 0.